The van der Waals surface area contributed by atoms with E-state index in [1.807, 2.05) is 12.1 Å². The summed E-state index contributed by atoms with van der Waals surface area (Å²) in [6.07, 6.45) is 1.64. The molecular weight excluding hydrogens is 222 g/mol. The molecular formula is C9H7N7O. The maximum absolute atomic E-state index is 11.7. The van der Waals surface area contributed by atoms with Crippen LogP contribution in [0.25, 0.3) is 10.9 Å². The molecule has 0 saturated carbocycles. The molecule has 0 radical (unpaired) electrons. The number of nitrogens with one attached hydrogen (secondary N) is 3. The van der Waals surface area contributed by atoms with Gasteiger partial charge >= 0.3 is 0 Å². The van der Waals surface area contributed by atoms with Crippen LogP contribution in [0.4, 0.5) is 5.69 Å². The molecule has 0 fully saturated rings. The first-order valence-corrected chi connectivity index (χ1v) is 4.81. The molecule has 0 aliphatic carbocycles. The molecule has 2 heterocycles. The van der Waals surface area contributed by atoms with Crippen molar-refractivity contribution in [2.24, 2.45) is 0 Å². The van der Waals surface area contributed by atoms with Crippen LogP contribution in [-0.2, 0) is 0 Å². The Morgan fingerprint density at radius 1 is 1.35 bits per heavy atom. The number of hydrogen-bond donors (Lipinski definition) is 3. The molecule has 84 valence electrons. The second-order valence-corrected chi connectivity index (χ2v) is 3.33. The molecule has 3 N–H and O–H groups in total. The van der Waals surface area contributed by atoms with Crippen molar-refractivity contribution in [1.82, 2.24) is 30.8 Å². The first-order valence-electron chi connectivity index (χ1n) is 4.81. The number of benzene rings is 1. The number of hydrogen-bond acceptors (Lipinski definition) is 5. The van der Waals surface area contributed by atoms with Crippen molar-refractivity contribution < 1.29 is 4.79 Å². The number of fused-ring (bicyclic) bond motifs is 1. The van der Waals surface area contributed by atoms with Crippen molar-refractivity contribution >= 4 is 22.5 Å². The van der Waals surface area contributed by atoms with Crippen LogP contribution in [-0.4, -0.2) is 36.7 Å². The van der Waals surface area contributed by atoms with E-state index in [0.717, 1.165) is 10.9 Å². The zero-order chi connectivity index (χ0) is 11.7. The maximum Gasteiger partial charge on any atom is 0.297 e. The summed E-state index contributed by atoms with van der Waals surface area (Å²) < 4.78 is 0. The highest BCUT2D eigenvalue weighted by Gasteiger charge is 2.12. The molecule has 0 spiro atoms. The number of nitrogens with zero attached hydrogens (tertiary/aromatic N) is 4. The number of carbonyl (C=O) groups is 1. The van der Waals surface area contributed by atoms with Crippen molar-refractivity contribution in [3.8, 4) is 0 Å². The molecule has 0 aliphatic heterocycles. The topological polar surface area (TPSA) is 112 Å². The molecule has 8 nitrogen and oxygen atoms in total. The maximum atomic E-state index is 11.7. The lowest BCUT2D eigenvalue weighted by molar-refractivity contribution is 0.101. The van der Waals surface area contributed by atoms with Gasteiger partial charge in [-0.15, -0.1) is 10.2 Å². The van der Waals surface area contributed by atoms with Crippen LogP contribution in [0.15, 0.2) is 24.4 Å². The van der Waals surface area contributed by atoms with E-state index in [0.29, 0.717) is 5.69 Å². The molecule has 0 saturated heterocycles. The standard InChI is InChI=1S/C9H7N7O/c17-9(8-13-15-16-14-8)11-6-2-1-3-7-5(6)4-10-12-7/h1-4H,(H,10,12)(H,11,17)(H,13,14,15,16). The van der Waals surface area contributed by atoms with Crippen LogP contribution < -0.4 is 5.32 Å². The van der Waals surface area contributed by atoms with Crippen LogP contribution in [0.1, 0.15) is 10.6 Å². The minimum atomic E-state index is -0.424. The van der Waals surface area contributed by atoms with Crippen molar-refractivity contribution in [3.05, 3.63) is 30.2 Å². The summed E-state index contributed by atoms with van der Waals surface area (Å²) in [6.45, 7) is 0. The highest BCUT2D eigenvalue weighted by Crippen LogP contribution is 2.21. The Balaban J connectivity index is 1.95. The molecule has 0 bridgehead atoms. The van der Waals surface area contributed by atoms with Crippen LogP contribution in [0, 0.1) is 0 Å². The number of amides is 1. The van der Waals surface area contributed by atoms with Gasteiger partial charge in [-0.1, -0.05) is 6.07 Å². The van der Waals surface area contributed by atoms with Crippen molar-refractivity contribution in [3.63, 3.8) is 0 Å². The number of tetrazole rings is 1. The molecule has 0 aliphatic rings. The zero-order valence-electron chi connectivity index (χ0n) is 8.51. The van der Waals surface area contributed by atoms with Gasteiger partial charge in [0.1, 0.15) is 0 Å². The molecule has 8 heteroatoms. The molecule has 1 amide bonds. The van der Waals surface area contributed by atoms with E-state index in [1.165, 1.54) is 0 Å². The summed E-state index contributed by atoms with van der Waals surface area (Å²) in [6, 6.07) is 5.45. The minimum absolute atomic E-state index is 0.00880. The third-order valence-corrected chi connectivity index (χ3v) is 2.28. The van der Waals surface area contributed by atoms with Gasteiger partial charge in [-0.25, -0.2) is 0 Å². The van der Waals surface area contributed by atoms with Gasteiger partial charge in [0.2, 0.25) is 0 Å². The number of H-pyrrole nitrogens is 2. The quantitative estimate of drug-likeness (QED) is 0.586. The fourth-order valence-corrected chi connectivity index (χ4v) is 1.51. The molecule has 17 heavy (non-hydrogen) atoms. The Labute approximate surface area is 94.4 Å². The van der Waals surface area contributed by atoms with Gasteiger partial charge in [0.05, 0.1) is 17.4 Å². The monoisotopic (exact) mass is 229 g/mol. The Morgan fingerprint density at radius 3 is 3.12 bits per heavy atom. The van der Waals surface area contributed by atoms with E-state index in [9.17, 15) is 4.79 Å². The lowest BCUT2D eigenvalue weighted by Crippen LogP contribution is -2.13. The Hall–Kier alpha value is -2.77. The fourth-order valence-electron chi connectivity index (χ4n) is 1.51. The largest absolute Gasteiger partial charge is 0.318 e. The summed E-state index contributed by atoms with van der Waals surface area (Å²) in [5, 5.41) is 23.0. The molecule has 0 unspecified atom stereocenters. The number of anilines is 1. The number of aromatic nitrogens is 6. The summed E-state index contributed by atoms with van der Waals surface area (Å²) in [4.78, 5) is 11.7. The van der Waals surface area contributed by atoms with Gasteiger partial charge in [0, 0.05) is 5.39 Å². The number of aromatic amines is 2. The normalized spacial score (nSPS) is 10.6. The third-order valence-electron chi connectivity index (χ3n) is 2.28. The average Bonchev–Trinajstić information content (AvgIpc) is 3.00. The predicted octanol–water partition coefficient (Wildman–Crippen LogP) is 0.328. The van der Waals surface area contributed by atoms with Crippen LogP contribution in [0.5, 0.6) is 0 Å². The lowest BCUT2D eigenvalue weighted by Gasteiger charge is -2.02. The highest BCUT2D eigenvalue weighted by atomic mass is 16.2. The molecule has 2 aromatic heterocycles. The van der Waals surface area contributed by atoms with Gasteiger partial charge in [-0.3, -0.25) is 9.89 Å². The van der Waals surface area contributed by atoms with Gasteiger partial charge in [-0.05, 0) is 17.3 Å². The van der Waals surface area contributed by atoms with E-state index in [4.69, 9.17) is 0 Å². The average molecular weight is 229 g/mol. The van der Waals surface area contributed by atoms with E-state index in [2.05, 4.69) is 36.1 Å². The number of rotatable bonds is 2. The van der Waals surface area contributed by atoms with Crippen molar-refractivity contribution in [2.75, 3.05) is 5.32 Å². The fraction of sp³-hybridized carbons (Fsp3) is 0. The lowest BCUT2D eigenvalue weighted by atomic mass is 10.2. The minimum Gasteiger partial charge on any atom is -0.318 e. The predicted molar refractivity (Wildman–Crippen MR) is 58.2 cm³/mol. The SMILES string of the molecule is O=C(Nc1cccc2[nH]ncc12)c1nn[nH]n1. The highest BCUT2D eigenvalue weighted by molar-refractivity contribution is 6.06. The van der Waals surface area contributed by atoms with Gasteiger partial charge in [0.25, 0.3) is 11.7 Å². The van der Waals surface area contributed by atoms with E-state index in [1.54, 1.807) is 12.3 Å². The molecule has 3 aromatic rings. The van der Waals surface area contributed by atoms with Gasteiger partial charge in [-0.2, -0.15) is 10.3 Å². The van der Waals surface area contributed by atoms with E-state index >= 15 is 0 Å². The molecule has 3 rings (SSSR count). The second kappa shape index (κ2) is 3.67. The van der Waals surface area contributed by atoms with E-state index < -0.39 is 5.91 Å². The van der Waals surface area contributed by atoms with Gasteiger partial charge in [0.15, 0.2) is 0 Å². The third kappa shape index (κ3) is 1.61. The molecule has 1 aromatic carbocycles. The van der Waals surface area contributed by atoms with Crippen LogP contribution in [0.3, 0.4) is 0 Å². The first-order chi connectivity index (χ1) is 8.34. The summed E-state index contributed by atoms with van der Waals surface area (Å²) in [5.41, 5.74) is 1.49. The first kappa shape index (κ1) is 9.46. The van der Waals surface area contributed by atoms with Crippen molar-refractivity contribution in [2.45, 2.75) is 0 Å². The van der Waals surface area contributed by atoms with Crippen LogP contribution in [0.2, 0.25) is 0 Å². The Morgan fingerprint density at radius 2 is 2.29 bits per heavy atom. The smallest absolute Gasteiger partial charge is 0.297 e. The Bertz CT molecular complexity index is 657. The van der Waals surface area contributed by atoms with E-state index in [-0.39, 0.29) is 5.82 Å². The molecule has 0 atom stereocenters. The second-order valence-electron chi connectivity index (χ2n) is 3.33. The van der Waals surface area contributed by atoms with Gasteiger partial charge < -0.3 is 5.32 Å². The summed E-state index contributed by atoms with van der Waals surface area (Å²) >= 11 is 0. The summed E-state index contributed by atoms with van der Waals surface area (Å²) in [5.74, 6) is -0.432. The Kier molecular flexibility index (Phi) is 2.04. The van der Waals surface area contributed by atoms with Crippen LogP contribution >= 0.6 is 0 Å². The summed E-state index contributed by atoms with van der Waals surface area (Å²) in [7, 11) is 0. The number of carbonyl (C=O) groups excluding carboxylic acids is 1. The zero-order valence-corrected chi connectivity index (χ0v) is 8.51. The van der Waals surface area contributed by atoms with Crippen molar-refractivity contribution in [1.29, 1.82) is 0 Å².